The fourth-order valence-electron chi connectivity index (χ4n) is 1.01. The lowest BCUT2D eigenvalue weighted by Gasteiger charge is -1.99. The lowest BCUT2D eigenvalue weighted by atomic mass is 10.2. The minimum atomic E-state index is 0.555. The fraction of sp³-hybridized carbons (Fsp3) is 0. The fourth-order valence-corrected chi connectivity index (χ4v) is 1.51. The summed E-state index contributed by atoms with van der Waals surface area (Å²) in [6, 6.07) is 5.28. The second-order valence-electron chi connectivity index (χ2n) is 2.72. The molecule has 1 heterocycles. The number of nitrogens with zero attached hydrogens (tertiary/aromatic N) is 4. The summed E-state index contributed by atoms with van der Waals surface area (Å²) in [6.45, 7) is 0. The first-order valence-electron chi connectivity index (χ1n) is 4.10. The van der Waals surface area contributed by atoms with Gasteiger partial charge in [0.25, 0.3) is 0 Å². The average molecular weight is 241 g/mol. The number of hydrogen-bond donors (Lipinski definition) is 0. The number of hydrogen-bond acceptors (Lipinski definition) is 3. The van der Waals surface area contributed by atoms with Gasteiger partial charge in [-0.2, -0.15) is 5.10 Å². The molecule has 15 heavy (non-hydrogen) atoms. The van der Waals surface area contributed by atoms with Crippen LogP contribution >= 0.6 is 23.2 Å². The summed E-state index contributed by atoms with van der Waals surface area (Å²) in [5.74, 6) is 0. The largest absolute Gasteiger partial charge is 0.208 e. The Bertz CT molecular complexity index is 459. The van der Waals surface area contributed by atoms with Gasteiger partial charge >= 0.3 is 0 Å². The minimum Gasteiger partial charge on any atom is -0.208 e. The minimum absolute atomic E-state index is 0.555. The summed E-state index contributed by atoms with van der Waals surface area (Å²) in [4.78, 5) is 0. The maximum atomic E-state index is 5.95. The summed E-state index contributed by atoms with van der Waals surface area (Å²) >= 11 is 11.9. The zero-order chi connectivity index (χ0) is 10.7. The van der Waals surface area contributed by atoms with E-state index >= 15 is 0 Å². The van der Waals surface area contributed by atoms with Crippen LogP contribution in [0, 0.1) is 0 Å². The van der Waals surface area contributed by atoms with Crippen LogP contribution in [-0.2, 0) is 0 Å². The van der Waals surface area contributed by atoms with Crippen LogP contribution in [0.15, 0.2) is 36.0 Å². The Hall–Kier alpha value is -1.39. The molecule has 0 saturated carbocycles. The van der Waals surface area contributed by atoms with Gasteiger partial charge in [-0.05, 0) is 12.1 Å². The molecule has 0 spiro atoms. The predicted octanol–water partition coefficient (Wildman–Crippen LogP) is 2.47. The van der Waals surface area contributed by atoms with Crippen molar-refractivity contribution in [2.75, 3.05) is 0 Å². The molecule has 6 heteroatoms. The van der Waals surface area contributed by atoms with E-state index in [-0.39, 0.29) is 0 Å². The Morgan fingerprint density at radius 3 is 2.33 bits per heavy atom. The highest BCUT2D eigenvalue weighted by Crippen LogP contribution is 2.22. The monoisotopic (exact) mass is 240 g/mol. The van der Waals surface area contributed by atoms with Crippen molar-refractivity contribution in [3.63, 3.8) is 0 Å². The Balaban J connectivity index is 2.32. The number of benzene rings is 1. The first kappa shape index (κ1) is 10.1. The highest BCUT2D eigenvalue weighted by molar-refractivity contribution is 6.38. The van der Waals surface area contributed by atoms with E-state index in [2.05, 4.69) is 15.3 Å². The van der Waals surface area contributed by atoms with Crippen LogP contribution in [0.25, 0.3) is 0 Å². The smallest absolute Gasteiger partial charge is 0.141 e. The topological polar surface area (TPSA) is 43.1 Å². The summed E-state index contributed by atoms with van der Waals surface area (Å²) in [5.41, 5.74) is 0.675. The van der Waals surface area contributed by atoms with Crippen LogP contribution in [0.4, 0.5) is 0 Å². The molecule has 0 N–H and O–H groups in total. The third-order valence-corrected chi connectivity index (χ3v) is 2.39. The highest BCUT2D eigenvalue weighted by atomic mass is 35.5. The average Bonchev–Trinajstić information content (AvgIpc) is 2.70. The van der Waals surface area contributed by atoms with Gasteiger partial charge in [0.1, 0.15) is 12.7 Å². The van der Waals surface area contributed by atoms with E-state index in [4.69, 9.17) is 23.2 Å². The summed E-state index contributed by atoms with van der Waals surface area (Å²) in [7, 11) is 0. The van der Waals surface area contributed by atoms with Crippen molar-refractivity contribution in [2.24, 2.45) is 5.10 Å². The van der Waals surface area contributed by atoms with Crippen molar-refractivity contribution in [3.8, 4) is 0 Å². The standard InChI is InChI=1S/C9H6Cl2N4/c10-8-2-1-3-9(11)7(8)4-14-15-5-12-13-6-15/h1-6H/b14-4+. The normalized spacial score (nSPS) is 11.1. The Morgan fingerprint density at radius 1 is 1.13 bits per heavy atom. The van der Waals surface area contributed by atoms with Gasteiger partial charge in [0, 0.05) is 5.56 Å². The molecular formula is C9H6Cl2N4. The second-order valence-corrected chi connectivity index (χ2v) is 3.54. The van der Waals surface area contributed by atoms with Crippen molar-refractivity contribution in [1.82, 2.24) is 14.9 Å². The molecule has 0 radical (unpaired) electrons. The predicted molar refractivity (Wildman–Crippen MR) is 59.5 cm³/mol. The molecule has 1 aromatic carbocycles. The van der Waals surface area contributed by atoms with E-state index in [1.165, 1.54) is 17.3 Å². The quantitative estimate of drug-likeness (QED) is 0.758. The first-order valence-corrected chi connectivity index (χ1v) is 4.86. The van der Waals surface area contributed by atoms with Crippen molar-refractivity contribution in [3.05, 3.63) is 46.5 Å². The molecule has 0 aliphatic rings. The van der Waals surface area contributed by atoms with Crippen molar-refractivity contribution >= 4 is 29.4 Å². The van der Waals surface area contributed by atoms with Crippen LogP contribution in [0.2, 0.25) is 10.0 Å². The summed E-state index contributed by atoms with van der Waals surface area (Å²) in [5, 5.41) is 12.4. The van der Waals surface area contributed by atoms with Crippen LogP contribution in [0.3, 0.4) is 0 Å². The molecule has 0 aliphatic heterocycles. The van der Waals surface area contributed by atoms with E-state index < -0.39 is 0 Å². The molecule has 2 rings (SSSR count). The van der Waals surface area contributed by atoms with E-state index in [1.807, 2.05) is 0 Å². The number of aromatic nitrogens is 3. The van der Waals surface area contributed by atoms with Gasteiger partial charge in [-0.3, -0.25) is 0 Å². The SMILES string of the molecule is Clc1cccc(Cl)c1/C=N/n1cnnc1. The maximum absolute atomic E-state index is 5.95. The molecule has 0 aliphatic carbocycles. The van der Waals surface area contributed by atoms with E-state index in [1.54, 1.807) is 24.4 Å². The van der Waals surface area contributed by atoms with E-state index in [9.17, 15) is 0 Å². The molecule has 0 bridgehead atoms. The van der Waals surface area contributed by atoms with Gasteiger partial charge in [-0.1, -0.05) is 29.3 Å². The third-order valence-electron chi connectivity index (χ3n) is 1.73. The first-order chi connectivity index (χ1) is 7.27. The summed E-state index contributed by atoms with van der Waals surface area (Å²) in [6.07, 6.45) is 4.51. The molecule has 0 amide bonds. The lowest BCUT2D eigenvalue weighted by molar-refractivity contribution is 0.878. The molecule has 0 unspecified atom stereocenters. The Kier molecular flexibility index (Phi) is 2.99. The maximum Gasteiger partial charge on any atom is 0.141 e. The molecule has 0 atom stereocenters. The second kappa shape index (κ2) is 4.42. The molecule has 0 saturated heterocycles. The Labute approximate surface area is 96.2 Å². The molecule has 2 aromatic rings. The highest BCUT2D eigenvalue weighted by Gasteiger charge is 2.01. The van der Waals surface area contributed by atoms with Gasteiger partial charge in [0.2, 0.25) is 0 Å². The van der Waals surface area contributed by atoms with Crippen molar-refractivity contribution in [1.29, 1.82) is 0 Å². The van der Waals surface area contributed by atoms with Crippen LogP contribution in [0.1, 0.15) is 5.56 Å². The zero-order valence-electron chi connectivity index (χ0n) is 7.51. The molecule has 0 fully saturated rings. The lowest BCUT2D eigenvalue weighted by Crippen LogP contribution is -1.89. The van der Waals surface area contributed by atoms with Crippen molar-refractivity contribution < 1.29 is 0 Å². The van der Waals surface area contributed by atoms with Gasteiger partial charge in [-0.25, -0.2) is 4.68 Å². The van der Waals surface area contributed by atoms with Crippen LogP contribution < -0.4 is 0 Å². The molecule has 1 aromatic heterocycles. The van der Waals surface area contributed by atoms with Gasteiger partial charge in [-0.15, -0.1) is 10.2 Å². The van der Waals surface area contributed by atoms with Gasteiger partial charge < -0.3 is 0 Å². The molecule has 4 nitrogen and oxygen atoms in total. The number of rotatable bonds is 2. The van der Waals surface area contributed by atoms with Crippen molar-refractivity contribution in [2.45, 2.75) is 0 Å². The number of halogens is 2. The zero-order valence-corrected chi connectivity index (χ0v) is 9.02. The van der Waals surface area contributed by atoms with E-state index in [0.717, 1.165) is 0 Å². The van der Waals surface area contributed by atoms with Gasteiger partial charge in [0.05, 0.1) is 16.3 Å². The van der Waals surface area contributed by atoms with Crippen LogP contribution in [-0.4, -0.2) is 21.1 Å². The molecule has 76 valence electrons. The van der Waals surface area contributed by atoms with E-state index in [0.29, 0.717) is 15.6 Å². The molecular weight excluding hydrogens is 235 g/mol. The third kappa shape index (κ3) is 2.34. The summed E-state index contributed by atoms with van der Waals surface area (Å²) < 4.78 is 1.46. The van der Waals surface area contributed by atoms with Crippen LogP contribution in [0.5, 0.6) is 0 Å². The van der Waals surface area contributed by atoms with Gasteiger partial charge in [0.15, 0.2) is 0 Å². The Morgan fingerprint density at radius 2 is 1.73 bits per heavy atom.